The third-order valence-corrected chi connectivity index (χ3v) is 9.78. The normalized spacial score (nSPS) is 15.2. The molecule has 342 valence electrons. The van der Waals surface area contributed by atoms with Crippen molar-refractivity contribution in [3.8, 4) is 0 Å². The second-order valence-corrected chi connectivity index (χ2v) is 16.0. The molecule has 0 aromatic rings. The first-order chi connectivity index (χ1) is 29.1. The number of carbonyl (C=O) groups excluding carboxylic acids is 2. The molecule has 0 aliphatic heterocycles. The van der Waals surface area contributed by atoms with Gasteiger partial charge in [0.15, 0.2) is 6.10 Å². The fourth-order valence-electron chi connectivity index (χ4n) is 5.38. The maximum absolute atomic E-state index is 12.6. The Labute approximate surface area is 362 Å². The molecule has 4 N–H and O–H groups in total. The molecule has 12 heteroatoms. The molecule has 0 saturated heterocycles. The molecule has 0 amide bonds. The summed E-state index contributed by atoms with van der Waals surface area (Å²) in [6.45, 7) is 1.98. The van der Waals surface area contributed by atoms with E-state index in [9.17, 15) is 29.3 Å². The van der Waals surface area contributed by atoms with Crippen LogP contribution in [0.1, 0.15) is 149 Å². The first kappa shape index (κ1) is 56.9. The molecule has 0 bridgehead atoms. The average molecular weight is 863 g/mol. The predicted octanol–water partition coefficient (Wildman–Crippen LogP) is 11.0. The van der Waals surface area contributed by atoms with Crippen molar-refractivity contribution >= 4 is 19.8 Å². The molecule has 0 fully saturated rings. The zero-order valence-electron chi connectivity index (χ0n) is 36.7. The van der Waals surface area contributed by atoms with Crippen molar-refractivity contribution in [2.45, 2.75) is 167 Å². The Hall–Kier alpha value is -3.15. The molecule has 4 atom stereocenters. The monoisotopic (exact) mass is 863 g/mol. The van der Waals surface area contributed by atoms with E-state index in [0.717, 1.165) is 64.2 Å². The number of ether oxygens (including phenoxy) is 2. The van der Waals surface area contributed by atoms with Crippen LogP contribution in [0.5, 0.6) is 0 Å². The topological polar surface area (TPSA) is 169 Å². The van der Waals surface area contributed by atoms with Crippen LogP contribution < -0.4 is 0 Å². The number of aliphatic hydroxyl groups excluding tert-OH is 3. The Bertz CT molecular complexity index is 1330. The van der Waals surface area contributed by atoms with E-state index in [1.807, 2.05) is 12.2 Å². The number of allylic oxidation sites excluding steroid dienone is 15. The lowest BCUT2D eigenvalue weighted by atomic mass is 10.1. The summed E-state index contributed by atoms with van der Waals surface area (Å²) in [4.78, 5) is 35.0. The standard InChI is InChI=1S/C48H79O11P/c1-3-5-7-9-11-13-15-17-18-19-20-21-22-24-26-28-30-32-34-38-47(52)56-42-46(43-58-60(54,55)57-41-45(51)40-49)59-48(53)39-35-37-44(50)36-33-31-29-27-25-23-16-14-12-10-8-6-4-2/h5,7,11,13,17-18,20-21,23-26,29,31,33,36,44-46,49-51H,3-4,6,8-10,12,14-16,19,22,27-28,30,32,34-35,37-43H2,1-2H3,(H,54,55)/b7-5-,13-11-,18-17-,21-20-,25-23+,26-24-,31-29+,36-33+/t44?,45-,46+/m0/s1. The Balaban J connectivity index is 4.54. The van der Waals surface area contributed by atoms with Gasteiger partial charge < -0.3 is 29.7 Å². The van der Waals surface area contributed by atoms with Crippen LogP contribution in [0, 0.1) is 0 Å². The number of phosphoric ester groups is 1. The summed E-state index contributed by atoms with van der Waals surface area (Å²) >= 11 is 0. The van der Waals surface area contributed by atoms with Crippen molar-refractivity contribution < 1.29 is 52.9 Å². The summed E-state index contributed by atoms with van der Waals surface area (Å²) < 4.78 is 32.6. The van der Waals surface area contributed by atoms with E-state index >= 15 is 0 Å². The number of carbonyl (C=O) groups is 2. The number of hydrogen-bond acceptors (Lipinski definition) is 10. The zero-order chi connectivity index (χ0) is 44.2. The molecule has 0 spiro atoms. The van der Waals surface area contributed by atoms with Crippen LogP contribution in [0.15, 0.2) is 97.2 Å². The van der Waals surface area contributed by atoms with E-state index in [1.165, 1.54) is 38.5 Å². The van der Waals surface area contributed by atoms with Gasteiger partial charge in [-0.2, -0.15) is 0 Å². The van der Waals surface area contributed by atoms with Gasteiger partial charge in [-0.15, -0.1) is 0 Å². The summed E-state index contributed by atoms with van der Waals surface area (Å²) in [6, 6.07) is 0. The highest BCUT2D eigenvalue weighted by molar-refractivity contribution is 7.47. The molecule has 0 aliphatic rings. The molecule has 0 radical (unpaired) electrons. The number of phosphoric acid groups is 1. The van der Waals surface area contributed by atoms with Crippen LogP contribution in [0.2, 0.25) is 0 Å². The molecule has 0 rings (SSSR count). The summed E-state index contributed by atoms with van der Waals surface area (Å²) in [5.74, 6) is -1.17. The van der Waals surface area contributed by atoms with E-state index in [-0.39, 0.29) is 12.8 Å². The molecule has 0 aromatic carbocycles. The highest BCUT2D eigenvalue weighted by atomic mass is 31.2. The minimum atomic E-state index is -4.69. The van der Waals surface area contributed by atoms with E-state index in [0.29, 0.717) is 19.3 Å². The van der Waals surface area contributed by atoms with Gasteiger partial charge >= 0.3 is 19.8 Å². The maximum atomic E-state index is 12.6. The number of rotatable bonds is 40. The third kappa shape index (κ3) is 41.6. The van der Waals surface area contributed by atoms with Crippen LogP contribution in [0.3, 0.4) is 0 Å². The van der Waals surface area contributed by atoms with E-state index in [2.05, 4.69) is 91.3 Å². The molecule has 0 saturated carbocycles. The average Bonchev–Trinajstić information content (AvgIpc) is 3.23. The van der Waals surface area contributed by atoms with Gasteiger partial charge in [0.2, 0.25) is 0 Å². The lowest BCUT2D eigenvalue weighted by Gasteiger charge is -2.20. The minimum Gasteiger partial charge on any atom is -0.462 e. The summed E-state index contributed by atoms with van der Waals surface area (Å²) in [7, 11) is -4.69. The third-order valence-electron chi connectivity index (χ3n) is 8.83. The summed E-state index contributed by atoms with van der Waals surface area (Å²) in [5, 5.41) is 28.6. The number of unbranched alkanes of at least 4 members (excludes halogenated alkanes) is 9. The molecule has 60 heavy (non-hydrogen) atoms. The largest absolute Gasteiger partial charge is 0.472 e. The lowest BCUT2D eigenvalue weighted by Crippen LogP contribution is -2.30. The first-order valence-electron chi connectivity index (χ1n) is 22.3. The summed E-state index contributed by atoms with van der Waals surface area (Å²) in [5.41, 5.74) is 0. The molecule has 0 heterocycles. The fourth-order valence-corrected chi connectivity index (χ4v) is 6.17. The number of esters is 2. The van der Waals surface area contributed by atoms with Crippen LogP contribution >= 0.6 is 7.82 Å². The van der Waals surface area contributed by atoms with Crippen molar-refractivity contribution in [3.63, 3.8) is 0 Å². The number of hydrogen-bond donors (Lipinski definition) is 4. The van der Waals surface area contributed by atoms with Crippen molar-refractivity contribution in [1.29, 1.82) is 0 Å². The van der Waals surface area contributed by atoms with E-state index in [4.69, 9.17) is 19.1 Å². The van der Waals surface area contributed by atoms with Gasteiger partial charge in [-0.1, -0.05) is 150 Å². The Morgan fingerprint density at radius 2 is 1.10 bits per heavy atom. The zero-order valence-corrected chi connectivity index (χ0v) is 37.6. The SMILES string of the molecule is CC/C=C\C/C=C\C/C=C\C/C=C\C/C=C\CCCCCC(=O)OC[C@H](COP(=O)(O)OC[C@@H](O)CO)OC(=O)CCCC(O)/C=C/C=C/C/C=C/CCCCCCCC. The van der Waals surface area contributed by atoms with Gasteiger partial charge in [0.1, 0.15) is 12.7 Å². The highest BCUT2D eigenvalue weighted by Crippen LogP contribution is 2.43. The van der Waals surface area contributed by atoms with Gasteiger partial charge in [-0.25, -0.2) is 4.57 Å². The van der Waals surface area contributed by atoms with Crippen molar-refractivity contribution in [3.05, 3.63) is 97.2 Å². The quantitative estimate of drug-likeness (QED) is 0.0152. The van der Waals surface area contributed by atoms with Crippen LogP contribution in [0.25, 0.3) is 0 Å². The highest BCUT2D eigenvalue weighted by Gasteiger charge is 2.27. The van der Waals surface area contributed by atoms with Gasteiger partial charge in [-0.05, 0) is 83.5 Å². The fraction of sp³-hybridized carbons (Fsp3) is 0.625. The van der Waals surface area contributed by atoms with Gasteiger partial charge in [0, 0.05) is 12.8 Å². The maximum Gasteiger partial charge on any atom is 0.472 e. The van der Waals surface area contributed by atoms with Crippen LogP contribution in [0.4, 0.5) is 0 Å². The second kappa shape index (κ2) is 42.5. The second-order valence-electron chi connectivity index (χ2n) is 14.5. The lowest BCUT2D eigenvalue weighted by molar-refractivity contribution is -0.161. The van der Waals surface area contributed by atoms with E-state index < -0.39 is 64.5 Å². The van der Waals surface area contributed by atoms with Crippen LogP contribution in [-0.2, 0) is 32.7 Å². The van der Waals surface area contributed by atoms with Crippen molar-refractivity contribution in [1.82, 2.24) is 0 Å². The van der Waals surface area contributed by atoms with Gasteiger partial charge in [0.05, 0.1) is 25.9 Å². The predicted molar refractivity (Wildman–Crippen MR) is 243 cm³/mol. The van der Waals surface area contributed by atoms with Crippen molar-refractivity contribution in [2.75, 3.05) is 26.4 Å². The number of aliphatic hydroxyl groups is 3. The molecule has 11 nitrogen and oxygen atoms in total. The molecular formula is C48H79O11P. The molecular weight excluding hydrogens is 783 g/mol. The summed E-state index contributed by atoms with van der Waals surface area (Å²) in [6.07, 6.45) is 48.3. The Kier molecular flexibility index (Phi) is 40.3. The van der Waals surface area contributed by atoms with Crippen molar-refractivity contribution in [2.24, 2.45) is 0 Å². The first-order valence-corrected chi connectivity index (χ1v) is 23.8. The molecule has 2 unspecified atom stereocenters. The minimum absolute atomic E-state index is 0.0531. The van der Waals surface area contributed by atoms with Crippen LogP contribution in [-0.4, -0.2) is 76.9 Å². The van der Waals surface area contributed by atoms with Gasteiger partial charge in [-0.3, -0.25) is 18.6 Å². The Morgan fingerprint density at radius 1 is 0.583 bits per heavy atom. The molecule has 0 aromatic heterocycles. The van der Waals surface area contributed by atoms with E-state index in [1.54, 1.807) is 12.2 Å². The smallest absolute Gasteiger partial charge is 0.462 e. The Morgan fingerprint density at radius 3 is 1.70 bits per heavy atom. The van der Waals surface area contributed by atoms with Gasteiger partial charge in [0.25, 0.3) is 0 Å². The molecule has 0 aliphatic carbocycles.